The number of rotatable bonds is 3. The number of imide groups is 1. The van der Waals surface area contributed by atoms with Gasteiger partial charge in [-0.1, -0.05) is 12.2 Å². The molecule has 2 saturated carbocycles. The van der Waals surface area contributed by atoms with E-state index >= 15 is 0 Å². The number of hydrazone groups is 1. The Bertz CT molecular complexity index is 887. The van der Waals surface area contributed by atoms with Crippen LogP contribution in [0.15, 0.2) is 35.5 Å². The van der Waals surface area contributed by atoms with Crippen molar-refractivity contribution in [2.45, 2.75) is 6.42 Å². The zero-order valence-corrected chi connectivity index (χ0v) is 13.6. The van der Waals surface area contributed by atoms with E-state index in [-0.39, 0.29) is 35.5 Å². The maximum Gasteiger partial charge on any atom is 0.311 e. The number of carbonyl (C=O) groups is 2. The molecule has 1 aromatic rings. The van der Waals surface area contributed by atoms with Crippen LogP contribution < -0.4 is 0 Å². The second kappa shape index (κ2) is 5.00. The molecule has 1 saturated heterocycles. The van der Waals surface area contributed by atoms with Crippen molar-refractivity contribution in [2.75, 3.05) is 0 Å². The summed E-state index contributed by atoms with van der Waals surface area (Å²) < 4.78 is 0. The summed E-state index contributed by atoms with van der Waals surface area (Å²) in [6.45, 7) is 0. The Kier molecular flexibility index (Phi) is 2.93. The van der Waals surface area contributed by atoms with Crippen molar-refractivity contribution in [3.05, 3.63) is 46.0 Å². The molecule has 0 spiro atoms. The summed E-state index contributed by atoms with van der Waals surface area (Å²) in [6, 6.07) is 3.77. The average Bonchev–Trinajstić information content (AvgIpc) is 3.40. The van der Waals surface area contributed by atoms with Crippen LogP contribution in [0.25, 0.3) is 0 Å². The quantitative estimate of drug-likeness (QED) is 0.292. The summed E-state index contributed by atoms with van der Waals surface area (Å²) in [5.74, 6) is -0.377. The molecule has 1 aromatic carbocycles. The zero-order chi connectivity index (χ0) is 18.2. The second-order valence-corrected chi connectivity index (χ2v) is 7.39. The first kappa shape index (κ1) is 15.2. The fraction of sp³-hybridized carbons (Fsp3) is 0.389. The molecule has 2 bridgehead atoms. The maximum absolute atomic E-state index is 12.8. The fourth-order valence-corrected chi connectivity index (χ4v) is 4.95. The number of hydrogen-bond acceptors (Lipinski definition) is 6. The van der Waals surface area contributed by atoms with Crippen molar-refractivity contribution in [3.63, 3.8) is 0 Å². The van der Waals surface area contributed by atoms with Crippen LogP contribution in [0, 0.1) is 45.6 Å². The molecule has 4 aliphatic carbocycles. The molecule has 0 aromatic heterocycles. The number of phenols is 1. The predicted molar refractivity (Wildman–Crippen MR) is 88.9 cm³/mol. The Hall–Kier alpha value is -3.03. The molecule has 6 atom stereocenters. The van der Waals surface area contributed by atoms with Crippen molar-refractivity contribution < 1.29 is 19.6 Å². The van der Waals surface area contributed by atoms with E-state index in [2.05, 4.69) is 17.3 Å². The summed E-state index contributed by atoms with van der Waals surface area (Å²) >= 11 is 0. The summed E-state index contributed by atoms with van der Waals surface area (Å²) in [5.41, 5.74) is -0.127. The molecule has 0 unspecified atom stereocenters. The minimum atomic E-state index is -0.705. The third-order valence-electron chi connectivity index (χ3n) is 6.16. The molecule has 1 heterocycles. The predicted octanol–water partition coefficient (Wildman–Crippen LogP) is 1.69. The van der Waals surface area contributed by atoms with Crippen LogP contribution in [-0.4, -0.2) is 33.1 Å². The minimum Gasteiger partial charge on any atom is -0.502 e. The Morgan fingerprint density at radius 2 is 1.77 bits per heavy atom. The van der Waals surface area contributed by atoms with Crippen LogP contribution in [0.5, 0.6) is 5.75 Å². The van der Waals surface area contributed by atoms with Gasteiger partial charge in [-0.15, -0.1) is 0 Å². The molecule has 2 amide bonds. The number of phenolic OH excluding ortho intramolecular Hbond substituents is 1. The lowest BCUT2D eigenvalue weighted by Gasteiger charge is -2.37. The molecule has 26 heavy (non-hydrogen) atoms. The lowest BCUT2D eigenvalue weighted by atomic mass is 9.63. The van der Waals surface area contributed by atoms with E-state index in [0.717, 1.165) is 17.5 Å². The van der Waals surface area contributed by atoms with Gasteiger partial charge < -0.3 is 5.11 Å². The highest BCUT2D eigenvalue weighted by Gasteiger charge is 2.67. The van der Waals surface area contributed by atoms with Crippen LogP contribution in [0.1, 0.15) is 12.0 Å². The third-order valence-corrected chi connectivity index (χ3v) is 6.16. The molecule has 1 aliphatic heterocycles. The first-order valence-corrected chi connectivity index (χ1v) is 8.55. The summed E-state index contributed by atoms with van der Waals surface area (Å²) in [6.07, 6.45) is 6.51. The SMILES string of the molecule is O=C1[C@@H]2[C@H]3C=C[C@@H]([C@@H]4C[C@@H]34)[C@H]2C(=O)N1/N=C\c1ccc(O)c([N+](=O)[O-])c1. The monoisotopic (exact) mass is 353 g/mol. The van der Waals surface area contributed by atoms with E-state index in [1.807, 2.05) is 0 Å². The first-order valence-electron chi connectivity index (χ1n) is 8.55. The van der Waals surface area contributed by atoms with Gasteiger partial charge in [-0.3, -0.25) is 19.7 Å². The van der Waals surface area contributed by atoms with Gasteiger partial charge in [0.1, 0.15) is 0 Å². The molecular formula is C18H15N3O5. The number of amides is 2. The number of carbonyl (C=O) groups excluding carboxylic acids is 2. The standard InChI is InChI=1S/C18H15N3O5/c22-14-4-1-8(5-13(14)21(25)26)7-19-20-17(23)15-9-2-3-10(12-6-11(9)12)16(15)18(20)24/h1-5,7,9-12,15-16,22H,6H2/b19-7-/t9-,10-,11-,12-,15+,16+/m0/s1. The van der Waals surface area contributed by atoms with Crippen molar-refractivity contribution in [2.24, 2.45) is 40.6 Å². The maximum atomic E-state index is 12.8. The van der Waals surface area contributed by atoms with Gasteiger partial charge in [0.15, 0.2) is 5.75 Å². The van der Waals surface area contributed by atoms with Gasteiger partial charge in [0.05, 0.1) is 23.0 Å². The van der Waals surface area contributed by atoms with Crippen LogP contribution in [0.2, 0.25) is 0 Å². The highest BCUT2D eigenvalue weighted by Crippen LogP contribution is 2.65. The fourth-order valence-electron chi connectivity index (χ4n) is 4.95. The minimum absolute atomic E-state index is 0.126. The van der Waals surface area contributed by atoms with E-state index in [9.17, 15) is 24.8 Å². The molecule has 1 N–H and O–H groups in total. The van der Waals surface area contributed by atoms with Crippen molar-refractivity contribution in [1.82, 2.24) is 5.01 Å². The Morgan fingerprint density at radius 1 is 1.15 bits per heavy atom. The number of benzene rings is 1. The van der Waals surface area contributed by atoms with E-state index < -0.39 is 16.4 Å². The summed E-state index contributed by atoms with van der Waals surface area (Å²) in [4.78, 5) is 35.7. The molecule has 132 valence electrons. The van der Waals surface area contributed by atoms with E-state index in [1.165, 1.54) is 18.3 Å². The third kappa shape index (κ3) is 1.92. The molecule has 8 heteroatoms. The van der Waals surface area contributed by atoms with Gasteiger partial charge in [0, 0.05) is 11.6 Å². The second-order valence-electron chi connectivity index (χ2n) is 7.39. The Balaban J connectivity index is 1.43. The largest absolute Gasteiger partial charge is 0.502 e. The van der Waals surface area contributed by atoms with Crippen molar-refractivity contribution in [1.29, 1.82) is 0 Å². The van der Waals surface area contributed by atoms with Gasteiger partial charge in [0.25, 0.3) is 11.8 Å². The van der Waals surface area contributed by atoms with Crippen LogP contribution >= 0.6 is 0 Å². The average molecular weight is 353 g/mol. The number of nitro benzene ring substituents is 1. The van der Waals surface area contributed by atoms with Gasteiger partial charge in [-0.2, -0.15) is 10.1 Å². The summed E-state index contributed by atoms with van der Waals surface area (Å²) in [7, 11) is 0. The first-order chi connectivity index (χ1) is 12.5. The van der Waals surface area contributed by atoms with Crippen molar-refractivity contribution in [3.8, 4) is 5.75 Å². The Labute approximate surface area is 147 Å². The topological polar surface area (TPSA) is 113 Å². The molecular weight excluding hydrogens is 338 g/mol. The molecule has 3 fully saturated rings. The van der Waals surface area contributed by atoms with Crippen LogP contribution in [-0.2, 0) is 9.59 Å². The lowest BCUT2D eigenvalue weighted by Crippen LogP contribution is -2.40. The molecule has 0 radical (unpaired) electrons. The van der Waals surface area contributed by atoms with Crippen LogP contribution in [0.4, 0.5) is 5.69 Å². The number of nitrogens with zero attached hydrogens (tertiary/aromatic N) is 3. The number of hydrogen-bond donors (Lipinski definition) is 1. The molecule has 6 rings (SSSR count). The highest BCUT2D eigenvalue weighted by molar-refractivity contribution is 6.06. The van der Waals surface area contributed by atoms with Crippen LogP contribution in [0.3, 0.4) is 0 Å². The smallest absolute Gasteiger partial charge is 0.311 e. The molecule has 5 aliphatic rings. The normalized spacial score (nSPS) is 36.5. The zero-order valence-electron chi connectivity index (χ0n) is 13.6. The lowest BCUT2D eigenvalue weighted by molar-refractivity contribution is -0.385. The molecule has 8 nitrogen and oxygen atoms in total. The Morgan fingerprint density at radius 3 is 2.35 bits per heavy atom. The van der Waals surface area contributed by atoms with E-state index in [1.54, 1.807) is 0 Å². The van der Waals surface area contributed by atoms with Gasteiger partial charge in [-0.05, 0) is 42.2 Å². The van der Waals surface area contributed by atoms with E-state index in [4.69, 9.17) is 0 Å². The highest BCUT2D eigenvalue weighted by atomic mass is 16.6. The number of aromatic hydroxyl groups is 1. The van der Waals surface area contributed by atoms with Crippen molar-refractivity contribution >= 4 is 23.7 Å². The van der Waals surface area contributed by atoms with Gasteiger partial charge in [-0.25, -0.2) is 0 Å². The number of nitro groups is 1. The van der Waals surface area contributed by atoms with Gasteiger partial charge >= 0.3 is 5.69 Å². The summed E-state index contributed by atoms with van der Waals surface area (Å²) in [5, 5.41) is 25.3. The number of allylic oxidation sites excluding steroid dienone is 2. The van der Waals surface area contributed by atoms with Gasteiger partial charge in [0.2, 0.25) is 0 Å². The van der Waals surface area contributed by atoms with E-state index in [0.29, 0.717) is 17.4 Å².